The van der Waals surface area contributed by atoms with Crippen molar-refractivity contribution in [3.05, 3.63) is 35.4 Å². The first-order chi connectivity index (χ1) is 8.56. The molecule has 1 atom stereocenters. The largest absolute Gasteiger partial charge is 0.462 e. The third-order valence-electron chi connectivity index (χ3n) is 2.09. The van der Waals surface area contributed by atoms with Gasteiger partial charge in [0, 0.05) is 0 Å². The maximum Gasteiger partial charge on any atom is 0.339 e. The first kappa shape index (κ1) is 14.5. The van der Waals surface area contributed by atoms with Crippen molar-refractivity contribution in [2.75, 3.05) is 13.2 Å². The number of benzene rings is 1. The monoisotopic (exact) mass is 270 g/mol. The van der Waals surface area contributed by atoms with Gasteiger partial charge in [-0.1, -0.05) is 12.1 Å². The van der Waals surface area contributed by atoms with E-state index in [9.17, 15) is 9.59 Å². The Morgan fingerprint density at radius 1 is 1.17 bits per heavy atom. The third-order valence-corrected chi connectivity index (χ3v) is 2.21. The van der Waals surface area contributed by atoms with Crippen molar-refractivity contribution in [1.82, 2.24) is 0 Å². The van der Waals surface area contributed by atoms with Crippen molar-refractivity contribution < 1.29 is 19.1 Å². The number of hydrogen-bond donors (Lipinski definition) is 0. The molecule has 4 nitrogen and oxygen atoms in total. The Labute approximate surface area is 111 Å². The topological polar surface area (TPSA) is 52.6 Å². The van der Waals surface area contributed by atoms with E-state index in [-0.39, 0.29) is 29.7 Å². The smallest absolute Gasteiger partial charge is 0.339 e. The molecule has 1 unspecified atom stereocenters. The van der Waals surface area contributed by atoms with Crippen LogP contribution in [-0.2, 0) is 9.47 Å². The maximum absolute atomic E-state index is 11.8. The normalized spacial score (nSPS) is 11.7. The Morgan fingerprint density at radius 3 is 2.11 bits per heavy atom. The van der Waals surface area contributed by atoms with Crippen molar-refractivity contribution in [3.8, 4) is 0 Å². The van der Waals surface area contributed by atoms with Crippen LogP contribution in [0.15, 0.2) is 24.3 Å². The summed E-state index contributed by atoms with van der Waals surface area (Å²) in [6.07, 6.45) is 0. The molecule has 0 saturated carbocycles. The molecule has 0 spiro atoms. The molecule has 1 aromatic rings. The Bertz CT molecular complexity index is 429. The minimum atomic E-state index is -0.578. The van der Waals surface area contributed by atoms with Crippen molar-refractivity contribution in [3.63, 3.8) is 0 Å². The second kappa shape index (κ2) is 7.01. The summed E-state index contributed by atoms with van der Waals surface area (Å²) in [5.74, 6) is -1.12. The van der Waals surface area contributed by atoms with Crippen molar-refractivity contribution >= 4 is 23.5 Å². The van der Waals surface area contributed by atoms with Crippen molar-refractivity contribution in [2.45, 2.75) is 19.2 Å². The molecule has 0 heterocycles. The molecule has 98 valence electrons. The van der Waals surface area contributed by atoms with E-state index in [2.05, 4.69) is 0 Å². The molecule has 0 saturated heterocycles. The highest BCUT2D eigenvalue weighted by Crippen LogP contribution is 2.12. The van der Waals surface area contributed by atoms with Gasteiger partial charge in [-0.2, -0.15) is 0 Å². The average molecular weight is 271 g/mol. The Morgan fingerprint density at radius 2 is 1.67 bits per heavy atom. The molecule has 1 rings (SSSR count). The van der Waals surface area contributed by atoms with Crippen LogP contribution in [0.2, 0.25) is 0 Å². The van der Waals surface area contributed by atoms with Crippen LogP contribution in [0.1, 0.15) is 34.6 Å². The lowest BCUT2D eigenvalue weighted by Crippen LogP contribution is -2.16. The zero-order chi connectivity index (χ0) is 13.5. The maximum atomic E-state index is 11.8. The molecule has 5 heteroatoms. The second-order valence-corrected chi connectivity index (χ2v) is 4.39. The van der Waals surface area contributed by atoms with Gasteiger partial charge in [-0.25, -0.2) is 9.59 Å². The number of esters is 2. The van der Waals surface area contributed by atoms with Crippen LogP contribution in [-0.4, -0.2) is 30.5 Å². The molecule has 0 radical (unpaired) electrons. The first-order valence-electron chi connectivity index (χ1n) is 5.63. The first-order valence-corrected chi connectivity index (χ1v) is 6.07. The standard InChI is InChI=1S/C13H15ClO4/c1-3-17-12(15)10-6-4-5-7-11(10)13(16)18-8-9(2)14/h4-7,9H,3,8H2,1-2H3. The van der Waals surface area contributed by atoms with Gasteiger partial charge in [0.25, 0.3) is 0 Å². The van der Waals surface area contributed by atoms with E-state index in [1.165, 1.54) is 12.1 Å². The van der Waals surface area contributed by atoms with E-state index in [0.29, 0.717) is 0 Å². The third kappa shape index (κ3) is 4.04. The van der Waals surface area contributed by atoms with Gasteiger partial charge in [-0.15, -0.1) is 11.6 Å². The molecule has 0 aliphatic rings. The van der Waals surface area contributed by atoms with Gasteiger partial charge in [0.15, 0.2) is 0 Å². The lowest BCUT2D eigenvalue weighted by atomic mass is 10.1. The highest BCUT2D eigenvalue weighted by Gasteiger charge is 2.18. The summed E-state index contributed by atoms with van der Waals surface area (Å²) >= 11 is 5.69. The average Bonchev–Trinajstić information content (AvgIpc) is 2.36. The summed E-state index contributed by atoms with van der Waals surface area (Å²) in [5, 5.41) is -0.274. The van der Waals surface area contributed by atoms with Crippen LogP contribution >= 0.6 is 11.6 Å². The van der Waals surface area contributed by atoms with E-state index in [0.717, 1.165) is 0 Å². The molecular weight excluding hydrogens is 256 g/mol. The van der Waals surface area contributed by atoms with E-state index in [1.807, 2.05) is 0 Å². The van der Waals surface area contributed by atoms with Gasteiger partial charge in [-0.05, 0) is 26.0 Å². The Kier molecular flexibility index (Phi) is 5.65. The van der Waals surface area contributed by atoms with E-state index in [1.54, 1.807) is 26.0 Å². The van der Waals surface area contributed by atoms with Gasteiger partial charge in [-0.3, -0.25) is 0 Å². The number of carbonyl (C=O) groups excluding carboxylic acids is 2. The molecule has 0 aromatic heterocycles. The van der Waals surface area contributed by atoms with Gasteiger partial charge >= 0.3 is 11.9 Å². The summed E-state index contributed by atoms with van der Waals surface area (Å²) < 4.78 is 9.85. The van der Waals surface area contributed by atoms with Crippen LogP contribution in [0.4, 0.5) is 0 Å². The van der Waals surface area contributed by atoms with E-state index in [4.69, 9.17) is 21.1 Å². The fourth-order valence-corrected chi connectivity index (χ4v) is 1.38. The van der Waals surface area contributed by atoms with E-state index >= 15 is 0 Å². The van der Waals surface area contributed by atoms with Crippen LogP contribution in [0.3, 0.4) is 0 Å². The number of alkyl halides is 1. The molecule has 0 fully saturated rings. The Balaban J connectivity index is 2.87. The summed E-state index contributed by atoms with van der Waals surface area (Å²) in [6.45, 7) is 3.76. The summed E-state index contributed by atoms with van der Waals surface area (Å²) in [7, 11) is 0. The molecule has 18 heavy (non-hydrogen) atoms. The zero-order valence-electron chi connectivity index (χ0n) is 10.3. The highest BCUT2D eigenvalue weighted by atomic mass is 35.5. The lowest BCUT2D eigenvalue weighted by Gasteiger charge is -2.09. The number of hydrogen-bond acceptors (Lipinski definition) is 4. The zero-order valence-corrected chi connectivity index (χ0v) is 11.1. The number of halogens is 1. The molecular formula is C13H15ClO4. The van der Waals surface area contributed by atoms with Gasteiger partial charge in [0.2, 0.25) is 0 Å². The lowest BCUT2D eigenvalue weighted by molar-refractivity contribution is 0.0469. The SMILES string of the molecule is CCOC(=O)c1ccccc1C(=O)OCC(C)Cl. The fraction of sp³-hybridized carbons (Fsp3) is 0.385. The molecule has 0 aliphatic carbocycles. The molecule has 0 amide bonds. The number of carbonyl (C=O) groups is 2. The number of rotatable bonds is 5. The summed E-state index contributed by atoms with van der Waals surface area (Å²) in [4.78, 5) is 23.4. The van der Waals surface area contributed by atoms with Gasteiger partial charge < -0.3 is 9.47 Å². The predicted molar refractivity (Wildman–Crippen MR) is 68.0 cm³/mol. The van der Waals surface area contributed by atoms with Crippen molar-refractivity contribution in [1.29, 1.82) is 0 Å². The van der Waals surface area contributed by atoms with Gasteiger partial charge in [0.05, 0.1) is 23.1 Å². The van der Waals surface area contributed by atoms with Crippen LogP contribution in [0.25, 0.3) is 0 Å². The molecule has 0 bridgehead atoms. The summed E-state index contributed by atoms with van der Waals surface area (Å²) in [6, 6.07) is 6.36. The van der Waals surface area contributed by atoms with E-state index < -0.39 is 11.9 Å². The molecule has 0 N–H and O–H groups in total. The van der Waals surface area contributed by atoms with Crippen LogP contribution in [0, 0.1) is 0 Å². The van der Waals surface area contributed by atoms with Crippen molar-refractivity contribution in [2.24, 2.45) is 0 Å². The quantitative estimate of drug-likeness (QED) is 0.610. The minimum absolute atomic E-state index is 0.0948. The fourth-order valence-electron chi connectivity index (χ4n) is 1.32. The molecule has 1 aromatic carbocycles. The minimum Gasteiger partial charge on any atom is -0.462 e. The Hall–Kier alpha value is -1.55. The second-order valence-electron chi connectivity index (χ2n) is 3.65. The van der Waals surface area contributed by atoms with Gasteiger partial charge in [0.1, 0.15) is 6.61 Å². The molecule has 0 aliphatic heterocycles. The summed E-state index contributed by atoms with van der Waals surface area (Å²) in [5.41, 5.74) is 0.389. The predicted octanol–water partition coefficient (Wildman–Crippen LogP) is 2.65. The number of ether oxygens (including phenoxy) is 2. The van der Waals surface area contributed by atoms with Crippen LogP contribution in [0.5, 0.6) is 0 Å². The highest BCUT2D eigenvalue weighted by molar-refractivity contribution is 6.20. The van der Waals surface area contributed by atoms with Crippen LogP contribution < -0.4 is 0 Å².